The van der Waals surface area contributed by atoms with Gasteiger partial charge in [-0.2, -0.15) is 8.78 Å². The van der Waals surface area contributed by atoms with Gasteiger partial charge in [-0.15, -0.1) is 0 Å². The maximum Gasteiger partial charge on any atom is 0.287 e. The minimum atomic E-state index is -2.11. The number of hydrogen-bond donors (Lipinski definition) is 1. The highest BCUT2D eigenvalue weighted by molar-refractivity contribution is 6.30. The van der Waals surface area contributed by atoms with E-state index in [4.69, 9.17) is 16.7 Å². The Balaban J connectivity index is 2.86. The molecular weight excluding hydrogens is 190 g/mol. The molecule has 66 valence electrons. The molecule has 1 aromatic rings. The molecule has 12 heavy (non-hydrogen) atoms. The van der Waals surface area contributed by atoms with Crippen molar-refractivity contribution in [2.45, 2.75) is 6.10 Å². The van der Waals surface area contributed by atoms with E-state index in [9.17, 15) is 8.78 Å². The molecule has 1 rings (SSSR count). The second-order valence-electron chi connectivity index (χ2n) is 2.03. The summed E-state index contributed by atoms with van der Waals surface area (Å²) in [7, 11) is 0. The van der Waals surface area contributed by atoms with E-state index in [1.54, 1.807) is 0 Å². The van der Waals surface area contributed by atoms with Crippen molar-refractivity contribution in [3.63, 3.8) is 0 Å². The molecule has 0 aliphatic carbocycles. The number of aliphatic hydroxyl groups excluding tert-OH is 1. The molecule has 1 atom stereocenters. The molecular formula is C7H5ClF2O2. The van der Waals surface area contributed by atoms with Crippen LogP contribution in [0.4, 0.5) is 8.78 Å². The van der Waals surface area contributed by atoms with E-state index in [1.165, 1.54) is 18.4 Å². The molecule has 0 fully saturated rings. The summed E-state index contributed by atoms with van der Waals surface area (Å²) in [6.45, 7) is 0. The smallest absolute Gasteiger partial charge is 0.287 e. The second kappa shape index (κ2) is 3.69. The zero-order valence-corrected chi connectivity index (χ0v) is 6.55. The summed E-state index contributed by atoms with van der Waals surface area (Å²) in [5, 5.41) is 8.17. The van der Waals surface area contributed by atoms with Crippen LogP contribution >= 0.6 is 11.6 Å². The first-order valence-electron chi connectivity index (χ1n) is 3.05. The van der Waals surface area contributed by atoms with Gasteiger partial charge in [0.15, 0.2) is 6.10 Å². The Kier molecular flexibility index (Phi) is 2.83. The van der Waals surface area contributed by atoms with E-state index in [1.807, 2.05) is 0 Å². The molecule has 2 nitrogen and oxygen atoms in total. The van der Waals surface area contributed by atoms with Crippen LogP contribution in [0.2, 0.25) is 0 Å². The fraction of sp³-hybridized carbons (Fsp3) is 0.143. The molecule has 0 saturated carbocycles. The van der Waals surface area contributed by atoms with Crippen LogP contribution in [-0.4, -0.2) is 5.11 Å². The lowest BCUT2D eigenvalue weighted by Gasteiger charge is -2.03. The minimum absolute atomic E-state index is 0.00667. The van der Waals surface area contributed by atoms with Crippen molar-refractivity contribution < 1.29 is 18.3 Å². The van der Waals surface area contributed by atoms with Crippen LogP contribution in [0.3, 0.4) is 0 Å². The highest BCUT2D eigenvalue weighted by atomic mass is 35.5. The number of furan rings is 1. The molecule has 0 radical (unpaired) electrons. The van der Waals surface area contributed by atoms with E-state index in [0.29, 0.717) is 0 Å². The Morgan fingerprint density at radius 1 is 1.58 bits per heavy atom. The van der Waals surface area contributed by atoms with Crippen LogP contribution in [0, 0.1) is 0 Å². The fourth-order valence-corrected chi connectivity index (χ4v) is 0.783. The van der Waals surface area contributed by atoms with Gasteiger partial charge in [0.2, 0.25) is 0 Å². The van der Waals surface area contributed by atoms with Crippen LogP contribution < -0.4 is 0 Å². The highest BCUT2D eigenvalue weighted by Gasteiger charge is 2.18. The molecule has 1 aromatic heterocycles. The van der Waals surface area contributed by atoms with Gasteiger partial charge in [-0.25, -0.2) is 0 Å². The van der Waals surface area contributed by atoms with Gasteiger partial charge in [0.1, 0.15) is 10.8 Å². The summed E-state index contributed by atoms with van der Waals surface area (Å²) in [5.74, 6) is -0.00667. The van der Waals surface area contributed by atoms with Crippen LogP contribution in [-0.2, 0) is 0 Å². The average molecular weight is 195 g/mol. The topological polar surface area (TPSA) is 33.4 Å². The third-order valence-electron chi connectivity index (χ3n) is 1.23. The molecule has 0 aliphatic heterocycles. The van der Waals surface area contributed by atoms with Gasteiger partial charge in [-0.3, -0.25) is 0 Å². The van der Waals surface area contributed by atoms with Crippen LogP contribution in [0.1, 0.15) is 11.9 Å². The Labute approximate surface area is 72.1 Å². The monoisotopic (exact) mass is 194 g/mol. The maximum absolute atomic E-state index is 11.8. The minimum Gasteiger partial charge on any atom is -0.466 e. The van der Waals surface area contributed by atoms with Gasteiger partial charge < -0.3 is 9.52 Å². The fourth-order valence-electron chi connectivity index (χ4n) is 0.675. The van der Waals surface area contributed by atoms with Gasteiger partial charge in [-0.05, 0) is 12.1 Å². The van der Waals surface area contributed by atoms with Crippen molar-refractivity contribution >= 4 is 11.6 Å². The first-order chi connectivity index (χ1) is 5.63. The molecule has 1 heterocycles. The molecule has 0 aliphatic rings. The normalized spacial score (nSPS) is 12.7. The standard InChI is InChI=1S/C7H5ClF2O2/c8-5(7(9)10)6(11)4-2-1-3-12-4/h1-3,6,11H. The third-order valence-corrected chi connectivity index (χ3v) is 1.58. The van der Waals surface area contributed by atoms with E-state index in [-0.39, 0.29) is 5.76 Å². The summed E-state index contributed by atoms with van der Waals surface area (Å²) in [6, 6.07) is 2.83. The van der Waals surface area contributed by atoms with E-state index >= 15 is 0 Å². The van der Waals surface area contributed by atoms with Crippen LogP contribution in [0.15, 0.2) is 33.9 Å². The molecule has 0 bridgehead atoms. The Hall–Kier alpha value is -0.870. The number of halogens is 3. The van der Waals surface area contributed by atoms with Crippen molar-refractivity contribution in [3.8, 4) is 0 Å². The van der Waals surface area contributed by atoms with Crippen molar-refractivity contribution in [3.05, 3.63) is 35.3 Å². The van der Waals surface area contributed by atoms with Crippen LogP contribution in [0.25, 0.3) is 0 Å². The Morgan fingerprint density at radius 3 is 2.67 bits per heavy atom. The maximum atomic E-state index is 11.8. The van der Waals surface area contributed by atoms with Crippen LogP contribution in [0.5, 0.6) is 0 Å². The van der Waals surface area contributed by atoms with Crippen molar-refractivity contribution in [1.82, 2.24) is 0 Å². The summed E-state index contributed by atoms with van der Waals surface area (Å²) in [6.07, 6.45) is -2.42. The summed E-state index contributed by atoms with van der Waals surface area (Å²) in [4.78, 5) is 0. The molecule has 0 aromatic carbocycles. The highest BCUT2D eigenvalue weighted by Crippen LogP contribution is 2.28. The zero-order chi connectivity index (χ0) is 9.14. The summed E-state index contributed by atoms with van der Waals surface area (Å²) < 4.78 is 28.3. The van der Waals surface area contributed by atoms with Crippen molar-refractivity contribution in [2.75, 3.05) is 0 Å². The predicted molar refractivity (Wildman–Crippen MR) is 38.8 cm³/mol. The molecule has 5 heteroatoms. The van der Waals surface area contributed by atoms with Gasteiger partial charge in [0.05, 0.1) is 6.26 Å². The predicted octanol–water partition coefficient (Wildman–Crippen LogP) is 2.66. The largest absolute Gasteiger partial charge is 0.466 e. The van der Waals surface area contributed by atoms with Gasteiger partial charge in [-0.1, -0.05) is 11.6 Å². The number of hydrogen-bond acceptors (Lipinski definition) is 2. The quantitative estimate of drug-likeness (QED) is 0.785. The molecule has 0 saturated heterocycles. The lowest BCUT2D eigenvalue weighted by molar-refractivity contribution is 0.185. The first-order valence-corrected chi connectivity index (χ1v) is 3.43. The zero-order valence-electron chi connectivity index (χ0n) is 5.80. The molecule has 1 unspecified atom stereocenters. The van der Waals surface area contributed by atoms with Crippen molar-refractivity contribution in [1.29, 1.82) is 0 Å². The van der Waals surface area contributed by atoms with Crippen molar-refractivity contribution in [2.24, 2.45) is 0 Å². The Morgan fingerprint density at radius 2 is 2.25 bits per heavy atom. The first kappa shape index (κ1) is 9.22. The summed E-state index contributed by atoms with van der Waals surface area (Å²) >= 11 is 5.08. The SMILES string of the molecule is OC(C(Cl)=C(F)F)c1ccco1. The van der Waals surface area contributed by atoms with Gasteiger partial charge >= 0.3 is 0 Å². The Bertz CT molecular complexity index is 278. The second-order valence-corrected chi connectivity index (χ2v) is 2.43. The van der Waals surface area contributed by atoms with E-state index in [0.717, 1.165) is 0 Å². The molecule has 0 spiro atoms. The number of rotatable bonds is 2. The van der Waals surface area contributed by atoms with Gasteiger partial charge in [0, 0.05) is 0 Å². The average Bonchev–Trinajstić information content (AvgIpc) is 2.53. The van der Waals surface area contributed by atoms with E-state index < -0.39 is 17.2 Å². The number of aliphatic hydroxyl groups is 1. The third kappa shape index (κ3) is 1.84. The molecule has 1 N–H and O–H groups in total. The molecule has 0 amide bonds. The lowest BCUT2D eigenvalue weighted by Crippen LogP contribution is -1.95. The van der Waals surface area contributed by atoms with E-state index in [2.05, 4.69) is 4.42 Å². The van der Waals surface area contributed by atoms with Gasteiger partial charge in [0.25, 0.3) is 6.08 Å². The summed E-state index contributed by atoms with van der Waals surface area (Å²) in [5.41, 5.74) is 0. The lowest BCUT2D eigenvalue weighted by atomic mass is 10.3.